The van der Waals surface area contributed by atoms with Gasteiger partial charge in [0.1, 0.15) is 12.4 Å². The van der Waals surface area contributed by atoms with Crippen molar-refractivity contribution in [1.29, 1.82) is 0 Å². The van der Waals surface area contributed by atoms with Crippen LogP contribution in [0, 0.1) is 5.82 Å². The van der Waals surface area contributed by atoms with Gasteiger partial charge in [0.05, 0.1) is 16.8 Å². The molecule has 0 saturated heterocycles. The second-order valence-corrected chi connectivity index (χ2v) is 5.87. The third-order valence-corrected chi connectivity index (χ3v) is 4.05. The molecule has 0 bridgehead atoms. The number of amides is 1. The third-order valence-electron chi connectivity index (χ3n) is 2.93. The molecular weight excluding hydrogens is 334 g/mol. The maximum Gasteiger partial charge on any atom is 0.408 e. The van der Waals surface area contributed by atoms with E-state index < -0.39 is 24.4 Å². The van der Waals surface area contributed by atoms with Gasteiger partial charge in [-0.15, -0.1) is 11.3 Å². The van der Waals surface area contributed by atoms with Crippen LogP contribution >= 0.6 is 11.3 Å². The zero-order valence-electron chi connectivity index (χ0n) is 11.4. The molecule has 2 aromatic heterocycles. The van der Waals surface area contributed by atoms with Gasteiger partial charge in [0.2, 0.25) is 0 Å². The van der Waals surface area contributed by atoms with Gasteiger partial charge in [0.25, 0.3) is 5.91 Å². The van der Waals surface area contributed by atoms with Crippen molar-refractivity contribution in [2.45, 2.75) is 12.7 Å². The van der Waals surface area contributed by atoms with E-state index in [0.717, 1.165) is 28.4 Å². The number of halogens is 4. The molecule has 1 N–H and O–H groups in total. The topological polar surface area (TPSA) is 46.9 Å². The number of carbonyl (C=O) groups is 1. The first-order valence-electron chi connectivity index (χ1n) is 6.40. The summed E-state index contributed by atoms with van der Waals surface area (Å²) in [7, 11) is 0. The number of hydrogen-bond donors (Lipinski definition) is 1. The van der Waals surface area contributed by atoms with Crippen molar-refractivity contribution in [3.63, 3.8) is 0 Å². The van der Waals surface area contributed by atoms with Gasteiger partial charge < -0.3 is 5.32 Å². The number of aromatic nitrogens is 2. The van der Waals surface area contributed by atoms with Gasteiger partial charge in [-0.2, -0.15) is 18.3 Å². The Balaban J connectivity index is 1.75. The fourth-order valence-corrected chi connectivity index (χ4v) is 2.96. The second-order valence-electron chi connectivity index (χ2n) is 4.79. The molecule has 0 spiro atoms. The predicted octanol–water partition coefficient (Wildman–Crippen LogP) is 4.05. The van der Waals surface area contributed by atoms with Crippen molar-refractivity contribution in [3.05, 3.63) is 47.4 Å². The van der Waals surface area contributed by atoms with E-state index in [4.69, 9.17) is 0 Å². The Labute approximate surface area is 131 Å². The summed E-state index contributed by atoms with van der Waals surface area (Å²) in [5.74, 6) is -0.895. The maximum absolute atomic E-state index is 13.1. The number of nitrogens with zero attached hydrogens (tertiary/aromatic N) is 2. The summed E-state index contributed by atoms with van der Waals surface area (Å²) in [6, 6.07) is 5.69. The molecule has 0 saturated carbocycles. The summed E-state index contributed by atoms with van der Waals surface area (Å²) in [5, 5.41) is 6.60. The van der Waals surface area contributed by atoms with Gasteiger partial charge in [0, 0.05) is 10.9 Å². The van der Waals surface area contributed by atoms with E-state index >= 15 is 0 Å². The van der Waals surface area contributed by atoms with E-state index in [0.29, 0.717) is 14.9 Å². The van der Waals surface area contributed by atoms with E-state index in [9.17, 15) is 22.4 Å². The van der Waals surface area contributed by atoms with Crippen molar-refractivity contribution < 1.29 is 22.4 Å². The summed E-state index contributed by atoms with van der Waals surface area (Å²) in [6.07, 6.45) is -2.15. The number of alkyl halides is 3. The van der Waals surface area contributed by atoms with Crippen molar-refractivity contribution in [3.8, 4) is 0 Å². The smallest absolute Gasteiger partial charge is 0.319 e. The minimum atomic E-state index is -4.39. The molecule has 0 aliphatic rings. The Kier molecular flexibility index (Phi) is 3.80. The highest BCUT2D eigenvalue weighted by molar-refractivity contribution is 7.20. The van der Waals surface area contributed by atoms with E-state index in [-0.39, 0.29) is 5.69 Å². The van der Waals surface area contributed by atoms with Crippen LogP contribution in [-0.4, -0.2) is 21.9 Å². The third kappa shape index (κ3) is 3.67. The van der Waals surface area contributed by atoms with Gasteiger partial charge >= 0.3 is 6.18 Å². The van der Waals surface area contributed by atoms with Crippen LogP contribution in [0.3, 0.4) is 0 Å². The average Bonchev–Trinajstić information content (AvgIpc) is 3.03. The first-order chi connectivity index (χ1) is 10.8. The summed E-state index contributed by atoms with van der Waals surface area (Å²) < 4.78 is 51.3. The molecule has 0 fully saturated rings. The van der Waals surface area contributed by atoms with Crippen LogP contribution in [0.1, 0.15) is 9.67 Å². The van der Waals surface area contributed by atoms with E-state index in [1.165, 1.54) is 18.2 Å². The molecule has 3 rings (SSSR count). The van der Waals surface area contributed by atoms with E-state index in [1.54, 1.807) is 6.07 Å². The molecule has 4 nitrogen and oxygen atoms in total. The maximum atomic E-state index is 13.1. The van der Waals surface area contributed by atoms with Gasteiger partial charge in [-0.05, 0) is 29.7 Å². The first-order valence-corrected chi connectivity index (χ1v) is 7.21. The molecule has 9 heteroatoms. The Hall–Kier alpha value is -2.42. The minimum Gasteiger partial charge on any atom is -0.319 e. The molecule has 3 aromatic rings. The number of thiophene rings is 1. The monoisotopic (exact) mass is 343 g/mol. The standard InChI is InChI=1S/C14H9F4N3OS/c15-9-1-2-11-8(3-9)4-12(23-11)13(22)20-10-5-19-21(6-10)7-14(16,17)18/h1-6H,7H2,(H,20,22). The molecule has 0 atom stereocenters. The van der Waals surface area contributed by atoms with Crippen LogP contribution in [0.4, 0.5) is 23.2 Å². The van der Waals surface area contributed by atoms with Crippen molar-refractivity contribution in [2.75, 3.05) is 5.32 Å². The minimum absolute atomic E-state index is 0.155. The fraction of sp³-hybridized carbons (Fsp3) is 0.143. The molecule has 1 amide bonds. The zero-order valence-corrected chi connectivity index (χ0v) is 12.2. The summed E-state index contributed by atoms with van der Waals surface area (Å²) >= 11 is 1.16. The summed E-state index contributed by atoms with van der Waals surface area (Å²) in [6.45, 7) is -1.23. The number of anilines is 1. The van der Waals surface area contributed by atoms with Gasteiger partial charge in [-0.3, -0.25) is 9.48 Å². The lowest BCUT2D eigenvalue weighted by Gasteiger charge is -2.05. The molecule has 0 radical (unpaired) electrons. The summed E-state index contributed by atoms with van der Waals surface area (Å²) in [5.41, 5.74) is 0.155. The van der Waals surface area contributed by atoms with Gasteiger partial charge in [-0.25, -0.2) is 4.39 Å². The lowest BCUT2D eigenvalue weighted by Crippen LogP contribution is -2.17. The van der Waals surface area contributed by atoms with Gasteiger partial charge in [0.15, 0.2) is 0 Å². The molecule has 0 aliphatic carbocycles. The Morgan fingerprint density at radius 1 is 1.30 bits per heavy atom. The number of hydrogen-bond acceptors (Lipinski definition) is 3. The SMILES string of the molecule is O=C(Nc1cnn(CC(F)(F)F)c1)c1cc2cc(F)ccc2s1. The van der Waals surface area contributed by atoms with E-state index in [1.807, 2.05) is 0 Å². The van der Waals surface area contributed by atoms with Crippen molar-refractivity contribution in [2.24, 2.45) is 0 Å². The zero-order chi connectivity index (χ0) is 16.6. The van der Waals surface area contributed by atoms with Crippen LogP contribution in [0.5, 0.6) is 0 Å². The lowest BCUT2D eigenvalue weighted by atomic mass is 10.2. The molecule has 1 aromatic carbocycles. The van der Waals surface area contributed by atoms with Crippen LogP contribution in [-0.2, 0) is 6.54 Å². The highest BCUT2D eigenvalue weighted by Crippen LogP contribution is 2.27. The molecule has 0 aliphatic heterocycles. The summed E-state index contributed by atoms with van der Waals surface area (Å²) in [4.78, 5) is 12.4. The molecule has 0 unspecified atom stereocenters. The number of carbonyl (C=O) groups excluding carboxylic acids is 1. The Bertz CT molecular complexity index is 868. The van der Waals surface area contributed by atoms with Crippen LogP contribution < -0.4 is 5.32 Å². The lowest BCUT2D eigenvalue weighted by molar-refractivity contribution is -0.142. The number of nitrogens with one attached hydrogen (secondary N) is 1. The fourth-order valence-electron chi connectivity index (χ4n) is 2.02. The Morgan fingerprint density at radius 2 is 2.09 bits per heavy atom. The highest BCUT2D eigenvalue weighted by atomic mass is 32.1. The molecule has 2 heterocycles. The number of rotatable bonds is 3. The quantitative estimate of drug-likeness (QED) is 0.729. The van der Waals surface area contributed by atoms with Crippen LogP contribution in [0.15, 0.2) is 36.7 Å². The largest absolute Gasteiger partial charge is 0.408 e. The number of fused-ring (bicyclic) bond motifs is 1. The molecule has 120 valence electrons. The average molecular weight is 343 g/mol. The predicted molar refractivity (Wildman–Crippen MR) is 78.0 cm³/mol. The van der Waals surface area contributed by atoms with Crippen molar-refractivity contribution >= 4 is 33.0 Å². The van der Waals surface area contributed by atoms with Crippen molar-refractivity contribution in [1.82, 2.24) is 9.78 Å². The highest BCUT2D eigenvalue weighted by Gasteiger charge is 2.28. The first kappa shape index (κ1) is 15.5. The van der Waals surface area contributed by atoms with E-state index in [2.05, 4.69) is 10.4 Å². The van der Waals surface area contributed by atoms with Crippen LogP contribution in [0.2, 0.25) is 0 Å². The number of benzene rings is 1. The Morgan fingerprint density at radius 3 is 2.83 bits per heavy atom. The molecular formula is C14H9F4N3OS. The normalized spacial score (nSPS) is 11.8. The molecule has 23 heavy (non-hydrogen) atoms. The van der Waals surface area contributed by atoms with Gasteiger partial charge in [-0.1, -0.05) is 0 Å². The van der Waals surface area contributed by atoms with Crippen LogP contribution in [0.25, 0.3) is 10.1 Å². The second kappa shape index (κ2) is 5.65.